The van der Waals surface area contributed by atoms with E-state index in [1.807, 2.05) is 0 Å². The van der Waals surface area contributed by atoms with Crippen molar-refractivity contribution in [3.05, 3.63) is 51.5 Å². The Kier molecular flexibility index (Phi) is 2.34. The summed E-state index contributed by atoms with van der Waals surface area (Å²) in [6, 6.07) is 9.79. The first kappa shape index (κ1) is 10.9. The second-order valence-corrected chi connectivity index (χ2v) is 4.01. The van der Waals surface area contributed by atoms with Crippen molar-refractivity contribution in [2.24, 2.45) is 0 Å². The van der Waals surface area contributed by atoms with Crippen LogP contribution >= 0.6 is 11.6 Å². The molecule has 0 bridgehead atoms. The molecule has 6 heteroatoms. The van der Waals surface area contributed by atoms with E-state index < -0.39 is 4.92 Å². The SMILES string of the molecule is O=[N+]([O-])c1ccc2c(c1Cl)Oc1ccccc1O2. The van der Waals surface area contributed by atoms with Gasteiger partial charge in [-0.15, -0.1) is 0 Å². The number of nitrogens with zero attached hydrogens (tertiary/aromatic N) is 1. The molecule has 0 spiro atoms. The third kappa shape index (κ3) is 1.56. The summed E-state index contributed by atoms with van der Waals surface area (Å²) in [6.07, 6.45) is 0. The van der Waals surface area contributed by atoms with Gasteiger partial charge in [-0.1, -0.05) is 23.7 Å². The molecule has 0 radical (unpaired) electrons. The number of rotatable bonds is 1. The van der Waals surface area contributed by atoms with Gasteiger partial charge in [-0.2, -0.15) is 0 Å². The predicted octanol–water partition coefficient (Wildman–Crippen LogP) is 4.15. The smallest absolute Gasteiger partial charge is 0.292 e. The van der Waals surface area contributed by atoms with Gasteiger partial charge in [0.25, 0.3) is 5.69 Å². The summed E-state index contributed by atoms with van der Waals surface area (Å²) in [6.45, 7) is 0. The van der Waals surface area contributed by atoms with Crippen molar-refractivity contribution in [3.63, 3.8) is 0 Å². The molecule has 0 unspecified atom stereocenters. The fourth-order valence-corrected chi connectivity index (χ4v) is 1.96. The average molecular weight is 264 g/mol. The minimum atomic E-state index is -0.563. The molecule has 0 aromatic heterocycles. The van der Waals surface area contributed by atoms with Crippen LogP contribution in [0.25, 0.3) is 0 Å². The van der Waals surface area contributed by atoms with Crippen LogP contribution in [0.2, 0.25) is 5.02 Å². The van der Waals surface area contributed by atoms with E-state index in [0.717, 1.165) is 0 Å². The zero-order chi connectivity index (χ0) is 12.7. The van der Waals surface area contributed by atoms with Crippen molar-refractivity contribution >= 4 is 17.3 Å². The molecule has 3 rings (SSSR count). The van der Waals surface area contributed by atoms with E-state index in [9.17, 15) is 10.1 Å². The first-order valence-electron chi connectivity index (χ1n) is 5.08. The zero-order valence-corrected chi connectivity index (χ0v) is 9.68. The Labute approximate surface area is 107 Å². The van der Waals surface area contributed by atoms with Gasteiger partial charge in [0.15, 0.2) is 28.0 Å². The normalized spacial score (nSPS) is 11.8. The lowest BCUT2D eigenvalue weighted by Crippen LogP contribution is -2.00. The maximum Gasteiger partial charge on any atom is 0.292 e. The van der Waals surface area contributed by atoms with Gasteiger partial charge in [-0.3, -0.25) is 10.1 Å². The van der Waals surface area contributed by atoms with Crippen LogP contribution in [0.4, 0.5) is 5.69 Å². The molecule has 18 heavy (non-hydrogen) atoms. The standard InChI is InChI=1S/C12H6ClNO4/c13-11-7(14(15)16)5-6-10-12(11)18-9-4-2-1-3-8(9)17-10/h1-6H. The molecule has 1 aliphatic rings. The molecule has 0 aliphatic carbocycles. The number of fused-ring (bicyclic) bond motifs is 2. The lowest BCUT2D eigenvalue weighted by molar-refractivity contribution is -0.384. The lowest BCUT2D eigenvalue weighted by atomic mass is 10.2. The Balaban J connectivity index is 2.14. The molecule has 0 saturated heterocycles. The Morgan fingerprint density at radius 3 is 2.33 bits per heavy atom. The Bertz CT molecular complexity index is 657. The van der Waals surface area contributed by atoms with Gasteiger partial charge in [0.1, 0.15) is 0 Å². The second-order valence-electron chi connectivity index (χ2n) is 3.63. The van der Waals surface area contributed by atoms with E-state index in [-0.39, 0.29) is 16.5 Å². The van der Waals surface area contributed by atoms with Gasteiger partial charge >= 0.3 is 0 Å². The molecule has 2 aromatic rings. The van der Waals surface area contributed by atoms with Crippen LogP contribution in [0.1, 0.15) is 0 Å². The number of para-hydroxylation sites is 2. The monoisotopic (exact) mass is 263 g/mol. The third-order valence-electron chi connectivity index (χ3n) is 2.52. The topological polar surface area (TPSA) is 61.6 Å². The van der Waals surface area contributed by atoms with Crippen molar-refractivity contribution < 1.29 is 14.4 Å². The maximum atomic E-state index is 10.8. The van der Waals surface area contributed by atoms with Crippen molar-refractivity contribution in [3.8, 4) is 23.0 Å². The van der Waals surface area contributed by atoms with Gasteiger partial charge in [0.2, 0.25) is 0 Å². The molecular weight excluding hydrogens is 258 g/mol. The molecule has 1 aliphatic heterocycles. The van der Waals surface area contributed by atoms with Gasteiger partial charge in [0.05, 0.1) is 4.92 Å². The number of benzene rings is 2. The fraction of sp³-hybridized carbons (Fsp3) is 0. The van der Waals surface area contributed by atoms with E-state index in [1.165, 1.54) is 12.1 Å². The van der Waals surface area contributed by atoms with E-state index in [0.29, 0.717) is 17.2 Å². The number of nitro groups is 1. The summed E-state index contributed by atoms with van der Waals surface area (Å²) < 4.78 is 11.1. The summed E-state index contributed by atoms with van der Waals surface area (Å²) >= 11 is 5.94. The Morgan fingerprint density at radius 2 is 1.67 bits per heavy atom. The largest absolute Gasteiger partial charge is 0.449 e. The number of ether oxygens (including phenoxy) is 2. The molecule has 0 amide bonds. The first-order valence-corrected chi connectivity index (χ1v) is 5.46. The highest BCUT2D eigenvalue weighted by Gasteiger charge is 2.26. The quantitative estimate of drug-likeness (QED) is 0.489. The summed E-state index contributed by atoms with van der Waals surface area (Å²) in [4.78, 5) is 10.2. The second kappa shape index (κ2) is 3.89. The molecule has 0 atom stereocenters. The maximum absolute atomic E-state index is 10.8. The van der Waals surface area contributed by atoms with Crippen LogP contribution in [-0.4, -0.2) is 4.92 Å². The molecule has 0 fully saturated rings. The summed E-state index contributed by atoms with van der Waals surface area (Å²) in [5.41, 5.74) is -0.210. The first-order chi connectivity index (χ1) is 8.66. The van der Waals surface area contributed by atoms with Crippen LogP contribution in [-0.2, 0) is 0 Å². The molecular formula is C12H6ClNO4. The number of halogens is 1. The summed E-state index contributed by atoms with van der Waals surface area (Å²) in [5, 5.41) is 10.7. The molecule has 2 aromatic carbocycles. The van der Waals surface area contributed by atoms with Gasteiger partial charge in [0, 0.05) is 6.07 Å². The van der Waals surface area contributed by atoms with E-state index >= 15 is 0 Å². The van der Waals surface area contributed by atoms with Gasteiger partial charge in [-0.25, -0.2) is 0 Å². The van der Waals surface area contributed by atoms with Crippen molar-refractivity contribution in [1.29, 1.82) is 0 Å². The highest BCUT2D eigenvalue weighted by molar-refractivity contribution is 6.34. The third-order valence-corrected chi connectivity index (χ3v) is 2.88. The predicted molar refractivity (Wildman–Crippen MR) is 64.7 cm³/mol. The fourth-order valence-electron chi connectivity index (χ4n) is 1.69. The summed E-state index contributed by atoms with van der Waals surface area (Å²) in [5.74, 6) is 1.57. The lowest BCUT2D eigenvalue weighted by Gasteiger charge is -2.20. The summed E-state index contributed by atoms with van der Waals surface area (Å²) in [7, 11) is 0. The zero-order valence-electron chi connectivity index (χ0n) is 8.92. The van der Waals surface area contributed by atoms with Gasteiger partial charge < -0.3 is 9.47 Å². The van der Waals surface area contributed by atoms with E-state index in [4.69, 9.17) is 21.1 Å². The number of nitro benzene ring substituents is 1. The molecule has 5 nitrogen and oxygen atoms in total. The molecule has 0 N–H and O–H groups in total. The van der Waals surface area contributed by atoms with E-state index in [1.54, 1.807) is 24.3 Å². The van der Waals surface area contributed by atoms with Crippen LogP contribution in [0.5, 0.6) is 23.0 Å². The van der Waals surface area contributed by atoms with Crippen LogP contribution in [0, 0.1) is 10.1 Å². The Hall–Kier alpha value is -2.27. The van der Waals surface area contributed by atoms with Crippen molar-refractivity contribution in [2.75, 3.05) is 0 Å². The van der Waals surface area contributed by atoms with Crippen molar-refractivity contribution in [1.82, 2.24) is 0 Å². The number of hydrogen-bond donors (Lipinski definition) is 0. The van der Waals surface area contributed by atoms with Crippen LogP contribution < -0.4 is 9.47 Å². The minimum absolute atomic E-state index is 0.0630. The highest BCUT2D eigenvalue weighted by atomic mass is 35.5. The molecule has 1 heterocycles. The number of hydrogen-bond acceptors (Lipinski definition) is 4. The molecule has 0 saturated carbocycles. The minimum Gasteiger partial charge on any atom is -0.449 e. The van der Waals surface area contributed by atoms with E-state index in [2.05, 4.69) is 0 Å². The van der Waals surface area contributed by atoms with Crippen LogP contribution in [0.3, 0.4) is 0 Å². The van der Waals surface area contributed by atoms with Gasteiger partial charge in [-0.05, 0) is 18.2 Å². The van der Waals surface area contributed by atoms with Crippen LogP contribution in [0.15, 0.2) is 36.4 Å². The van der Waals surface area contributed by atoms with Crippen molar-refractivity contribution in [2.45, 2.75) is 0 Å². The molecule has 90 valence electrons. The highest BCUT2D eigenvalue weighted by Crippen LogP contribution is 2.50. The average Bonchev–Trinajstić information content (AvgIpc) is 2.37. The Morgan fingerprint density at radius 1 is 1.00 bits per heavy atom.